The van der Waals surface area contributed by atoms with Crippen LogP contribution in [0.15, 0.2) is 24.4 Å². The normalized spacial score (nSPS) is 15.4. The summed E-state index contributed by atoms with van der Waals surface area (Å²) in [6.07, 6.45) is 1.01. The number of thiazole rings is 1. The summed E-state index contributed by atoms with van der Waals surface area (Å²) in [6, 6.07) is 5.18. The molecule has 4 aromatic rings. The molecular weight excluding hydrogens is 553 g/mol. The van der Waals surface area contributed by atoms with Gasteiger partial charge in [0.15, 0.2) is 31.7 Å². The first kappa shape index (κ1) is 28.2. The molecule has 0 N–H and O–H groups in total. The molecule has 0 bridgehead atoms. The Kier molecular flexibility index (Phi) is 7.44. The van der Waals surface area contributed by atoms with Gasteiger partial charge >= 0.3 is 5.97 Å². The molecule has 2 aromatic heterocycles. The van der Waals surface area contributed by atoms with Gasteiger partial charge in [0.05, 0.1) is 30.9 Å². The van der Waals surface area contributed by atoms with Crippen LogP contribution in [0.2, 0.25) is 18.1 Å². The molecule has 0 saturated heterocycles. The number of ether oxygens (including phenoxy) is 4. The maximum atomic E-state index is 15.3. The number of fused-ring (bicyclic) bond motifs is 4. The van der Waals surface area contributed by atoms with E-state index >= 15 is 4.39 Å². The summed E-state index contributed by atoms with van der Waals surface area (Å²) in [5, 5.41) is 0.616. The summed E-state index contributed by atoms with van der Waals surface area (Å²) < 4.78 is 44.5. The highest BCUT2D eigenvalue weighted by atomic mass is 32.1. The fraction of sp³-hybridized carbons (Fsp3) is 0.429. The van der Waals surface area contributed by atoms with Gasteiger partial charge in [-0.05, 0) is 35.8 Å². The molecule has 5 rings (SSSR count). The van der Waals surface area contributed by atoms with E-state index in [2.05, 4.69) is 48.8 Å². The number of benzene rings is 2. The number of nitrogens with zero attached hydrogens (tertiary/aromatic N) is 3. The van der Waals surface area contributed by atoms with Crippen molar-refractivity contribution in [2.45, 2.75) is 58.5 Å². The lowest BCUT2D eigenvalue weighted by Crippen LogP contribution is -2.40. The van der Waals surface area contributed by atoms with E-state index in [9.17, 15) is 4.79 Å². The third kappa shape index (κ3) is 5.47. The number of carbonyl (C=O) groups is 1. The minimum Gasteiger partial charge on any atom is -0.484 e. The molecule has 40 heavy (non-hydrogen) atoms. The van der Waals surface area contributed by atoms with Gasteiger partial charge in [0.2, 0.25) is 5.88 Å². The molecular formula is C28H32FN3O6SSi. The molecule has 9 nitrogen and oxygen atoms in total. The van der Waals surface area contributed by atoms with Gasteiger partial charge in [-0.1, -0.05) is 20.8 Å². The SMILES string of the molecule is COc1cnc2c(-c3nc4c(F)cc5c(c4s3)OC[C@H](COC(C)=O)O5)cc(CO[Si](C)(C)C(C)(C)C)cc2n1. The predicted octanol–water partition coefficient (Wildman–Crippen LogP) is 6.28. The fourth-order valence-electron chi connectivity index (χ4n) is 4.01. The molecule has 0 amide bonds. The molecule has 1 aliphatic heterocycles. The number of rotatable bonds is 7. The van der Waals surface area contributed by atoms with Crippen molar-refractivity contribution >= 4 is 46.9 Å². The molecule has 0 aliphatic carbocycles. The van der Waals surface area contributed by atoms with Crippen LogP contribution in [-0.2, 0) is 20.6 Å². The highest BCUT2D eigenvalue weighted by Crippen LogP contribution is 2.46. The van der Waals surface area contributed by atoms with E-state index in [1.807, 2.05) is 12.1 Å². The summed E-state index contributed by atoms with van der Waals surface area (Å²) in [5.41, 5.74) is 3.03. The average Bonchev–Trinajstić information content (AvgIpc) is 3.35. The minimum atomic E-state index is -2.02. The Bertz CT molecular complexity index is 1600. The number of esters is 1. The molecule has 0 saturated carbocycles. The van der Waals surface area contributed by atoms with Gasteiger partial charge in [0, 0.05) is 18.6 Å². The maximum absolute atomic E-state index is 15.3. The van der Waals surface area contributed by atoms with Gasteiger partial charge < -0.3 is 23.4 Å². The van der Waals surface area contributed by atoms with Gasteiger partial charge in [0.25, 0.3) is 0 Å². The van der Waals surface area contributed by atoms with E-state index in [1.54, 1.807) is 13.3 Å². The Morgan fingerprint density at radius 1 is 1.20 bits per heavy atom. The van der Waals surface area contributed by atoms with Crippen molar-refractivity contribution in [1.29, 1.82) is 0 Å². The highest BCUT2D eigenvalue weighted by Gasteiger charge is 2.37. The fourth-order valence-corrected chi connectivity index (χ4v) is 6.06. The van der Waals surface area contributed by atoms with Crippen molar-refractivity contribution in [2.75, 3.05) is 20.3 Å². The standard InChI is InChI=1S/C28H32FN3O6SSi/c1-15(33)35-13-17-14-36-25-21(38-17)10-19(29)24-26(25)39-27(32-24)18-8-16(12-37-40(6,7)28(2,3)4)9-20-23(18)30-11-22(31-20)34-5/h8-11,17H,12-14H2,1-7H3/t17-/m0/s1. The van der Waals surface area contributed by atoms with Crippen molar-refractivity contribution in [3.63, 3.8) is 0 Å². The second-order valence-corrected chi connectivity index (χ2v) is 17.0. The lowest BCUT2D eigenvalue weighted by Gasteiger charge is -2.36. The van der Waals surface area contributed by atoms with Crippen LogP contribution in [0.4, 0.5) is 4.39 Å². The summed E-state index contributed by atoms with van der Waals surface area (Å²) in [6.45, 7) is 12.9. The molecule has 3 heterocycles. The maximum Gasteiger partial charge on any atom is 0.302 e. The Morgan fingerprint density at radius 2 is 1.98 bits per heavy atom. The number of hydrogen-bond acceptors (Lipinski definition) is 10. The first-order chi connectivity index (χ1) is 18.9. The van der Waals surface area contributed by atoms with E-state index in [0.717, 1.165) is 5.56 Å². The summed E-state index contributed by atoms with van der Waals surface area (Å²) >= 11 is 1.29. The Morgan fingerprint density at radius 3 is 2.67 bits per heavy atom. The van der Waals surface area contributed by atoms with E-state index in [4.69, 9.17) is 23.4 Å². The quantitative estimate of drug-likeness (QED) is 0.183. The molecule has 1 aliphatic rings. The Balaban J connectivity index is 1.57. The topological polar surface area (TPSA) is 102 Å². The molecule has 0 fully saturated rings. The van der Waals surface area contributed by atoms with Crippen molar-refractivity contribution < 1.29 is 32.6 Å². The van der Waals surface area contributed by atoms with Crippen molar-refractivity contribution in [3.8, 4) is 28.0 Å². The summed E-state index contributed by atoms with van der Waals surface area (Å²) in [4.78, 5) is 25.0. The number of aromatic nitrogens is 3. The lowest BCUT2D eigenvalue weighted by atomic mass is 10.1. The van der Waals surface area contributed by atoms with Crippen molar-refractivity contribution in [1.82, 2.24) is 15.0 Å². The molecule has 212 valence electrons. The molecule has 0 spiro atoms. The monoisotopic (exact) mass is 585 g/mol. The van der Waals surface area contributed by atoms with Gasteiger partial charge in [-0.25, -0.2) is 19.3 Å². The number of methoxy groups -OCH3 is 1. The van der Waals surface area contributed by atoms with Crippen molar-refractivity contribution in [2.24, 2.45) is 0 Å². The van der Waals surface area contributed by atoms with Crippen LogP contribution in [0.5, 0.6) is 17.4 Å². The molecule has 2 aromatic carbocycles. The predicted molar refractivity (Wildman–Crippen MR) is 153 cm³/mol. The van der Waals surface area contributed by atoms with Gasteiger partial charge in [0.1, 0.15) is 28.4 Å². The van der Waals surface area contributed by atoms with E-state index in [1.165, 1.54) is 24.3 Å². The number of halogens is 1. The van der Waals surface area contributed by atoms with Gasteiger partial charge in [-0.2, -0.15) is 0 Å². The van der Waals surface area contributed by atoms with Gasteiger partial charge in [-0.3, -0.25) is 4.79 Å². The third-order valence-electron chi connectivity index (χ3n) is 7.25. The average molecular weight is 586 g/mol. The second-order valence-electron chi connectivity index (χ2n) is 11.2. The van der Waals surface area contributed by atoms with E-state index in [-0.39, 0.29) is 29.5 Å². The largest absolute Gasteiger partial charge is 0.484 e. The third-order valence-corrected chi connectivity index (χ3v) is 12.8. The smallest absolute Gasteiger partial charge is 0.302 e. The lowest BCUT2D eigenvalue weighted by molar-refractivity contribution is -0.144. The number of hydrogen-bond donors (Lipinski definition) is 0. The molecule has 0 radical (unpaired) electrons. The van der Waals surface area contributed by atoms with Crippen LogP contribution in [-0.4, -0.2) is 55.7 Å². The first-order valence-corrected chi connectivity index (χ1v) is 16.6. The van der Waals surface area contributed by atoms with Crippen LogP contribution in [0.25, 0.3) is 31.8 Å². The molecule has 1 atom stereocenters. The van der Waals surface area contributed by atoms with Crippen LogP contribution < -0.4 is 14.2 Å². The van der Waals surface area contributed by atoms with Crippen LogP contribution in [0, 0.1) is 5.82 Å². The Hall–Kier alpha value is -3.35. The summed E-state index contributed by atoms with van der Waals surface area (Å²) in [5.74, 6) is 0.0814. The highest BCUT2D eigenvalue weighted by molar-refractivity contribution is 7.22. The summed E-state index contributed by atoms with van der Waals surface area (Å²) in [7, 11) is -0.478. The van der Waals surface area contributed by atoms with Crippen LogP contribution in [0.3, 0.4) is 0 Å². The zero-order chi connectivity index (χ0) is 28.8. The Labute approximate surface area is 236 Å². The van der Waals surface area contributed by atoms with E-state index in [0.29, 0.717) is 44.5 Å². The van der Waals surface area contributed by atoms with Crippen LogP contribution >= 0.6 is 11.3 Å². The van der Waals surface area contributed by atoms with Crippen LogP contribution in [0.1, 0.15) is 33.3 Å². The van der Waals surface area contributed by atoms with Gasteiger partial charge in [-0.15, -0.1) is 11.3 Å². The molecule has 12 heteroatoms. The first-order valence-electron chi connectivity index (χ1n) is 12.9. The molecule has 0 unspecified atom stereocenters. The number of carbonyl (C=O) groups excluding carboxylic acids is 1. The minimum absolute atomic E-state index is 0.0141. The van der Waals surface area contributed by atoms with Crippen molar-refractivity contribution in [3.05, 3.63) is 35.8 Å². The van der Waals surface area contributed by atoms with E-state index < -0.39 is 26.2 Å². The zero-order valence-corrected chi connectivity index (χ0v) is 25.4. The second kappa shape index (κ2) is 10.6. The zero-order valence-electron chi connectivity index (χ0n) is 23.6.